The van der Waals surface area contributed by atoms with Crippen LogP contribution in [0.1, 0.15) is 47.2 Å². The molecule has 2 aromatic rings. The summed E-state index contributed by atoms with van der Waals surface area (Å²) >= 11 is 0. The van der Waals surface area contributed by atoms with Gasteiger partial charge in [0.05, 0.1) is 5.69 Å². The molecule has 7 N–H and O–H groups in total. The number of nitrogens with one attached hydrogen (secondary N) is 3. The lowest BCUT2D eigenvalue weighted by Gasteiger charge is -2.29. The van der Waals surface area contributed by atoms with Crippen LogP contribution < -0.4 is 32.3 Å². The van der Waals surface area contributed by atoms with Crippen molar-refractivity contribution in [1.82, 2.24) is 25.8 Å². The number of carbonyl (C=O) groups excluding carboxylic acids is 2. The van der Waals surface area contributed by atoms with E-state index in [-0.39, 0.29) is 24.1 Å². The van der Waals surface area contributed by atoms with Crippen LogP contribution in [0.25, 0.3) is 5.70 Å². The van der Waals surface area contributed by atoms with Gasteiger partial charge >= 0.3 is 6.03 Å². The van der Waals surface area contributed by atoms with Crippen LogP contribution in [0.3, 0.4) is 0 Å². The molecule has 0 aromatic heterocycles. The third-order valence-corrected chi connectivity index (χ3v) is 8.20. The molecule has 10 heteroatoms. The lowest BCUT2D eigenvalue weighted by molar-refractivity contribution is 0.0917. The fourth-order valence-corrected chi connectivity index (χ4v) is 5.66. The Labute approximate surface area is 248 Å². The lowest BCUT2D eigenvalue weighted by atomic mass is 10.0. The molecule has 3 aliphatic rings. The number of amides is 3. The number of anilines is 1. The number of hydrogen-bond acceptors (Lipinski definition) is 7. The maximum absolute atomic E-state index is 13.0. The number of rotatable bonds is 12. The standard InChI is InChI=1S/C32H44N8O2/c1-38-18-12-27(13-19-38)35-31(41)25-8-6-24(7-9-25)29-20-26-22-40(32(42)37-30(26)36-29)28-10-4-23(5-11-28)21-39(16-2-14-33)17-3-15-34/h4-11,20,22,27,30,36H,2-3,12-19,21,33-34H2,1H3,(H,35,41)(H,37,42). The monoisotopic (exact) mass is 572 g/mol. The molecule has 0 saturated carbocycles. The predicted molar refractivity (Wildman–Crippen MR) is 167 cm³/mol. The van der Waals surface area contributed by atoms with Crippen molar-refractivity contribution in [2.75, 3.05) is 51.2 Å². The summed E-state index contributed by atoms with van der Waals surface area (Å²) in [4.78, 5) is 32.1. The largest absolute Gasteiger partial charge is 0.361 e. The van der Waals surface area contributed by atoms with Crippen LogP contribution in [0, 0.1) is 0 Å². The Kier molecular flexibility index (Phi) is 9.91. The van der Waals surface area contributed by atoms with Gasteiger partial charge in [0.25, 0.3) is 5.91 Å². The predicted octanol–water partition coefficient (Wildman–Crippen LogP) is 2.39. The fraction of sp³-hybridized carbons (Fsp3) is 0.438. The summed E-state index contributed by atoms with van der Waals surface area (Å²) < 4.78 is 0. The Balaban J connectivity index is 1.22. The molecule has 1 saturated heterocycles. The van der Waals surface area contributed by atoms with E-state index in [9.17, 15) is 9.59 Å². The molecule has 5 rings (SSSR count). The highest BCUT2D eigenvalue weighted by Gasteiger charge is 2.31. The van der Waals surface area contributed by atoms with Gasteiger partial charge in [-0.3, -0.25) is 14.6 Å². The molecule has 0 bridgehead atoms. The number of urea groups is 1. The third-order valence-electron chi connectivity index (χ3n) is 8.20. The molecule has 42 heavy (non-hydrogen) atoms. The smallest absolute Gasteiger partial charge is 0.327 e. The molecular weight excluding hydrogens is 528 g/mol. The minimum absolute atomic E-state index is 0.0337. The second-order valence-electron chi connectivity index (χ2n) is 11.4. The van der Waals surface area contributed by atoms with Crippen LogP contribution in [-0.2, 0) is 6.54 Å². The van der Waals surface area contributed by atoms with Crippen molar-refractivity contribution in [1.29, 1.82) is 0 Å². The first kappa shape index (κ1) is 29.8. The summed E-state index contributed by atoms with van der Waals surface area (Å²) in [5.41, 5.74) is 16.9. The van der Waals surface area contributed by atoms with E-state index in [4.69, 9.17) is 11.5 Å². The van der Waals surface area contributed by atoms with Crippen molar-refractivity contribution in [3.05, 3.63) is 83.1 Å². The summed E-state index contributed by atoms with van der Waals surface area (Å²) in [6.07, 6.45) is 7.49. The van der Waals surface area contributed by atoms with Crippen LogP contribution in [0.4, 0.5) is 10.5 Å². The summed E-state index contributed by atoms with van der Waals surface area (Å²) in [7, 11) is 2.11. The molecule has 3 amide bonds. The maximum Gasteiger partial charge on any atom is 0.327 e. The van der Waals surface area contributed by atoms with Crippen LogP contribution in [-0.4, -0.2) is 80.3 Å². The highest BCUT2D eigenvalue weighted by Crippen LogP contribution is 2.28. The number of nitrogens with two attached hydrogens (primary N) is 2. The fourth-order valence-electron chi connectivity index (χ4n) is 5.66. The van der Waals surface area contributed by atoms with E-state index >= 15 is 0 Å². The van der Waals surface area contributed by atoms with E-state index < -0.39 is 0 Å². The highest BCUT2D eigenvalue weighted by atomic mass is 16.2. The Morgan fingerprint density at radius 2 is 1.64 bits per heavy atom. The first-order valence-electron chi connectivity index (χ1n) is 15.0. The Bertz CT molecular complexity index is 1270. The van der Waals surface area contributed by atoms with Gasteiger partial charge in [0.15, 0.2) is 0 Å². The SMILES string of the molecule is CN1CCC(NC(=O)c2ccc(C3=CC4=CN(c5ccc(CN(CCCN)CCCN)cc5)C(=O)NC4N3)cc2)CC1. The zero-order valence-corrected chi connectivity index (χ0v) is 24.5. The number of nitrogens with zero attached hydrogens (tertiary/aromatic N) is 3. The summed E-state index contributed by atoms with van der Waals surface area (Å²) in [5, 5.41) is 9.62. The van der Waals surface area contributed by atoms with Crippen LogP contribution in [0.15, 0.2) is 66.4 Å². The van der Waals surface area contributed by atoms with Gasteiger partial charge in [-0.25, -0.2) is 4.79 Å². The molecule has 1 atom stereocenters. The number of likely N-dealkylation sites (tertiary alicyclic amines) is 1. The maximum atomic E-state index is 13.0. The first-order valence-corrected chi connectivity index (χ1v) is 15.0. The van der Waals surface area contributed by atoms with Crippen molar-refractivity contribution in [2.45, 2.75) is 44.4 Å². The van der Waals surface area contributed by atoms with Gasteiger partial charge in [-0.15, -0.1) is 0 Å². The van der Waals surface area contributed by atoms with Crippen molar-refractivity contribution < 1.29 is 9.59 Å². The Morgan fingerprint density at radius 3 is 2.29 bits per heavy atom. The number of hydrogen-bond donors (Lipinski definition) is 5. The number of carbonyl (C=O) groups is 2. The molecule has 3 aliphatic heterocycles. The quantitative estimate of drug-likeness (QED) is 0.264. The minimum atomic E-state index is -0.297. The van der Waals surface area contributed by atoms with Gasteiger partial charge < -0.3 is 32.3 Å². The number of fused-ring (bicyclic) bond motifs is 1. The number of piperidine rings is 1. The van der Waals surface area contributed by atoms with Gasteiger partial charge in [0.2, 0.25) is 0 Å². The van der Waals surface area contributed by atoms with Crippen molar-refractivity contribution in [3.8, 4) is 0 Å². The second kappa shape index (κ2) is 14.0. The van der Waals surface area contributed by atoms with Crippen molar-refractivity contribution in [3.63, 3.8) is 0 Å². The molecule has 0 aliphatic carbocycles. The molecule has 10 nitrogen and oxygen atoms in total. The molecule has 2 aromatic carbocycles. The van der Waals surface area contributed by atoms with E-state index in [1.54, 1.807) is 4.90 Å². The van der Waals surface area contributed by atoms with E-state index in [0.717, 1.165) is 80.9 Å². The molecule has 0 spiro atoms. The zero-order chi connectivity index (χ0) is 29.5. The third kappa shape index (κ3) is 7.38. The van der Waals surface area contributed by atoms with E-state index in [2.05, 4.69) is 44.9 Å². The van der Waals surface area contributed by atoms with E-state index in [1.807, 2.05) is 48.7 Å². The second-order valence-corrected chi connectivity index (χ2v) is 11.4. The molecule has 1 fully saturated rings. The van der Waals surface area contributed by atoms with Gasteiger partial charge in [0.1, 0.15) is 6.17 Å². The van der Waals surface area contributed by atoms with E-state index in [0.29, 0.717) is 18.7 Å². The first-order chi connectivity index (χ1) is 20.4. The van der Waals surface area contributed by atoms with Crippen molar-refractivity contribution >= 4 is 23.3 Å². The summed E-state index contributed by atoms with van der Waals surface area (Å²) in [5.74, 6) is -0.0337. The molecule has 224 valence electrons. The highest BCUT2D eigenvalue weighted by molar-refractivity contribution is 5.97. The Morgan fingerprint density at radius 1 is 0.976 bits per heavy atom. The lowest BCUT2D eigenvalue weighted by Crippen LogP contribution is -2.51. The topological polar surface area (TPSA) is 132 Å². The van der Waals surface area contributed by atoms with Crippen LogP contribution in [0.2, 0.25) is 0 Å². The van der Waals surface area contributed by atoms with Crippen LogP contribution >= 0.6 is 0 Å². The normalized spacial score (nSPS) is 19.2. The minimum Gasteiger partial charge on any atom is -0.361 e. The number of benzene rings is 2. The summed E-state index contributed by atoms with van der Waals surface area (Å²) in [6, 6.07) is 15.8. The molecule has 0 radical (unpaired) electrons. The molecule has 3 heterocycles. The van der Waals surface area contributed by atoms with Gasteiger partial charge in [-0.1, -0.05) is 24.3 Å². The van der Waals surface area contributed by atoms with Gasteiger partial charge in [0, 0.05) is 35.6 Å². The molecular formula is C32H44N8O2. The average molecular weight is 573 g/mol. The van der Waals surface area contributed by atoms with Gasteiger partial charge in [-0.05, 0) is 113 Å². The average Bonchev–Trinajstić information content (AvgIpc) is 3.42. The zero-order valence-electron chi connectivity index (χ0n) is 24.5. The van der Waals surface area contributed by atoms with Crippen molar-refractivity contribution in [2.24, 2.45) is 11.5 Å². The Hall–Kier alpha value is -3.70. The molecule has 1 unspecified atom stereocenters. The van der Waals surface area contributed by atoms with Crippen LogP contribution in [0.5, 0.6) is 0 Å². The summed E-state index contributed by atoms with van der Waals surface area (Å²) in [6.45, 7) is 6.05. The van der Waals surface area contributed by atoms with Gasteiger partial charge in [-0.2, -0.15) is 0 Å². The van der Waals surface area contributed by atoms with E-state index in [1.165, 1.54) is 5.56 Å².